The largest absolute Gasteiger partial charge is 0.456 e. The first kappa shape index (κ1) is 13.5. The van der Waals surface area contributed by atoms with Crippen LogP contribution in [0.4, 0.5) is 0 Å². The average Bonchev–Trinajstić information content (AvgIpc) is 2.47. The van der Waals surface area contributed by atoms with E-state index in [1.165, 1.54) is 11.8 Å². The molecular formula is C15H14N2OS. The molecule has 2 aromatic carbocycles. The van der Waals surface area contributed by atoms with E-state index in [0.29, 0.717) is 23.6 Å². The molecule has 4 heteroatoms. The van der Waals surface area contributed by atoms with Gasteiger partial charge in [0.15, 0.2) is 0 Å². The van der Waals surface area contributed by atoms with E-state index >= 15 is 0 Å². The molecule has 0 heterocycles. The highest BCUT2D eigenvalue weighted by Gasteiger charge is 2.09. The summed E-state index contributed by atoms with van der Waals surface area (Å²) in [5, 5.41) is 9.23. The van der Waals surface area contributed by atoms with Crippen LogP contribution in [-0.2, 0) is 6.54 Å². The van der Waals surface area contributed by atoms with Crippen molar-refractivity contribution in [2.24, 2.45) is 5.73 Å². The van der Waals surface area contributed by atoms with Crippen molar-refractivity contribution in [2.75, 3.05) is 6.26 Å². The quantitative estimate of drug-likeness (QED) is 0.863. The molecule has 0 aliphatic rings. The summed E-state index contributed by atoms with van der Waals surface area (Å²) in [5.74, 6) is 1.28. The van der Waals surface area contributed by atoms with Crippen molar-refractivity contribution < 1.29 is 4.74 Å². The lowest BCUT2D eigenvalue weighted by Crippen LogP contribution is -1.95. The van der Waals surface area contributed by atoms with Gasteiger partial charge in [-0.15, -0.1) is 11.8 Å². The minimum Gasteiger partial charge on any atom is -0.456 e. The van der Waals surface area contributed by atoms with E-state index in [1.54, 1.807) is 6.07 Å². The van der Waals surface area contributed by atoms with E-state index in [9.17, 15) is 5.26 Å². The molecule has 0 saturated heterocycles. The monoisotopic (exact) mass is 270 g/mol. The molecule has 96 valence electrons. The molecule has 0 aliphatic carbocycles. The van der Waals surface area contributed by atoms with E-state index in [2.05, 4.69) is 6.07 Å². The van der Waals surface area contributed by atoms with Gasteiger partial charge in [-0.25, -0.2) is 0 Å². The van der Waals surface area contributed by atoms with Crippen molar-refractivity contribution in [3.8, 4) is 17.6 Å². The predicted octanol–water partition coefficient (Wildman–Crippen LogP) is 3.53. The fourth-order valence-corrected chi connectivity index (χ4v) is 2.26. The van der Waals surface area contributed by atoms with Gasteiger partial charge in [0.2, 0.25) is 0 Å². The van der Waals surface area contributed by atoms with Crippen LogP contribution in [0.5, 0.6) is 11.5 Å². The number of nitrogens with two attached hydrogens (primary N) is 1. The molecule has 0 aliphatic heterocycles. The van der Waals surface area contributed by atoms with Gasteiger partial charge in [0, 0.05) is 11.4 Å². The summed E-state index contributed by atoms with van der Waals surface area (Å²) in [5.41, 5.74) is 7.16. The Bertz CT molecular complexity index is 603. The van der Waals surface area contributed by atoms with Crippen molar-refractivity contribution in [1.29, 1.82) is 5.26 Å². The zero-order chi connectivity index (χ0) is 13.7. The van der Waals surface area contributed by atoms with Crippen LogP contribution >= 0.6 is 11.8 Å². The minimum absolute atomic E-state index is 0.506. The molecule has 0 unspecified atom stereocenters. The van der Waals surface area contributed by atoms with Gasteiger partial charge in [-0.05, 0) is 36.1 Å². The van der Waals surface area contributed by atoms with Gasteiger partial charge in [0.1, 0.15) is 23.1 Å². The Morgan fingerprint density at radius 1 is 1.21 bits per heavy atom. The van der Waals surface area contributed by atoms with E-state index in [-0.39, 0.29) is 0 Å². The Balaban J connectivity index is 2.30. The minimum atomic E-state index is 0.506. The lowest BCUT2D eigenvalue weighted by molar-refractivity contribution is 0.479. The molecule has 3 nitrogen and oxygen atoms in total. The maximum Gasteiger partial charge on any atom is 0.146 e. The van der Waals surface area contributed by atoms with Crippen molar-refractivity contribution in [3.63, 3.8) is 0 Å². The van der Waals surface area contributed by atoms with Crippen molar-refractivity contribution >= 4 is 11.8 Å². The highest BCUT2D eigenvalue weighted by molar-refractivity contribution is 7.98. The van der Waals surface area contributed by atoms with Gasteiger partial charge in [0.25, 0.3) is 0 Å². The highest BCUT2D eigenvalue weighted by atomic mass is 32.2. The zero-order valence-electron chi connectivity index (χ0n) is 10.6. The predicted molar refractivity (Wildman–Crippen MR) is 77.3 cm³/mol. The Kier molecular flexibility index (Phi) is 4.45. The normalized spacial score (nSPS) is 9.95. The summed E-state index contributed by atoms with van der Waals surface area (Å²) < 4.78 is 5.77. The number of ether oxygens (including phenoxy) is 1. The molecule has 2 aromatic rings. The van der Waals surface area contributed by atoms with Gasteiger partial charge in [0.05, 0.1) is 0 Å². The van der Waals surface area contributed by atoms with Crippen molar-refractivity contribution in [1.82, 2.24) is 0 Å². The Morgan fingerprint density at radius 2 is 1.95 bits per heavy atom. The van der Waals surface area contributed by atoms with E-state index in [1.807, 2.05) is 42.7 Å². The molecule has 0 spiro atoms. The average molecular weight is 270 g/mol. The number of benzene rings is 2. The SMILES string of the molecule is CSc1cccc(Oc2ccc(CN)cc2)c1C#N. The number of hydrogen-bond acceptors (Lipinski definition) is 4. The standard InChI is InChI=1S/C15H14N2OS/c1-19-15-4-2-3-14(13(15)10-17)18-12-7-5-11(9-16)6-8-12/h2-8H,9,16H2,1H3. The molecule has 0 saturated carbocycles. The van der Waals surface area contributed by atoms with Crippen LogP contribution in [0.2, 0.25) is 0 Å². The summed E-state index contributed by atoms with van der Waals surface area (Å²) in [6, 6.07) is 15.3. The topological polar surface area (TPSA) is 59.0 Å². The third-order valence-corrected chi connectivity index (χ3v) is 3.49. The van der Waals surface area contributed by atoms with Crippen LogP contribution < -0.4 is 10.5 Å². The smallest absolute Gasteiger partial charge is 0.146 e. The number of nitriles is 1. The number of rotatable bonds is 4. The molecule has 0 radical (unpaired) electrons. The first-order valence-corrected chi connectivity index (χ1v) is 7.05. The second-order valence-corrected chi connectivity index (χ2v) is 4.74. The third-order valence-electron chi connectivity index (χ3n) is 2.71. The summed E-state index contributed by atoms with van der Waals surface area (Å²) in [7, 11) is 0. The summed E-state index contributed by atoms with van der Waals surface area (Å²) in [6.07, 6.45) is 1.94. The number of thioether (sulfide) groups is 1. The number of hydrogen-bond donors (Lipinski definition) is 1. The number of nitrogens with zero attached hydrogens (tertiary/aromatic N) is 1. The maximum absolute atomic E-state index is 9.23. The van der Waals surface area contributed by atoms with Gasteiger partial charge in [-0.2, -0.15) is 5.26 Å². The van der Waals surface area contributed by atoms with Crippen molar-refractivity contribution in [2.45, 2.75) is 11.4 Å². The fourth-order valence-electron chi connectivity index (χ4n) is 1.70. The zero-order valence-corrected chi connectivity index (χ0v) is 11.4. The first-order valence-electron chi connectivity index (χ1n) is 5.82. The van der Waals surface area contributed by atoms with E-state index < -0.39 is 0 Å². The molecule has 19 heavy (non-hydrogen) atoms. The molecular weight excluding hydrogens is 256 g/mol. The van der Waals surface area contributed by atoms with E-state index in [4.69, 9.17) is 10.5 Å². The van der Waals surface area contributed by atoms with E-state index in [0.717, 1.165) is 10.5 Å². The van der Waals surface area contributed by atoms with Crippen LogP contribution in [0.1, 0.15) is 11.1 Å². The molecule has 2 N–H and O–H groups in total. The highest BCUT2D eigenvalue weighted by Crippen LogP contribution is 2.31. The molecule has 0 atom stereocenters. The van der Waals surface area contributed by atoms with Crippen LogP contribution in [0.25, 0.3) is 0 Å². The Morgan fingerprint density at radius 3 is 2.53 bits per heavy atom. The molecule has 0 aromatic heterocycles. The molecule has 0 bridgehead atoms. The second kappa shape index (κ2) is 6.28. The lowest BCUT2D eigenvalue weighted by atomic mass is 10.2. The van der Waals surface area contributed by atoms with Crippen molar-refractivity contribution in [3.05, 3.63) is 53.6 Å². The van der Waals surface area contributed by atoms with Crippen LogP contribution in [-0.4, -0.2) is 6.26 Å². The molecule has 0 amide bonds. The lowest BCUT2D eigenvalue weighted by Gasteiger charge is -2.10. The van der Waals surface area contributed by atoms with Crippen LogP contribution in [0.15, 0.2) is 47.4 Å². The van der Waals surface area contributed by atoms with Crippen LogP contribution in [0.3, 0.4) is 0 Å². The maximum atomic E-state index is 9.23. The third kappa shape index (κ3) is 3.08. The fraction of sp³-hybridized carbons (Fsp3) is 0.133. The van der Waals surface area contributed by atoms with Gasteiger partial charge in [-0.3, -0.25) is 0 Å². The van der Waals surface area contributed by atoms with Gasteiger partial charge >= 0.3 is 0 Å². The molecule has 0 fully saturated rings. The summed E-state index contributed by atoms with van der Waals surface area (Å²) in [6.45, 7) is 0.506. The second-order valence-electron chi connectivity index (χ2n) is 3.90. The Labute approximate surface area is 117 Å². The van der Waals surface area contributed by atoms with Crippen LogP contribution in [0, 0.1) is 11.3 Å². The van der Waals surface area contributed by atoms with Gasteiger partial charge in [-0.1, -0.05) is 18.2 Å². The first-order chi connectivity index (χ1) is 9.28. The van der Waals surface area contributed by atoms with Gasteiger partial charge < -0.3 is 10.5 Å². The molecule has 2 rings (SSSR count). The summed E-state index contributed by atoms with van der Waals surface area (Å²) >= 11 is 1.53. The Hall–Kier alpha value is -1.96. The summed E-state index contributed by atoms with van der Waals surface area (Å²) in [4.78, 5) is 0.915.